The van der Waals surface area contributed by atoms with E-state index in [4.69, 9.17) is 0 Å². The van der Waals surface area contributed by atoms with Gasteiger partial charge in [-0.3, -0.25) is 0 Å². The van der Waals surface area contributed by atoms with Crippen LogP contribution in [0.15, 0.2) is 35.6 Å². The molecule has 0 spiro atoms. The fraction of sp³-hybridized carbons (Fsp3) is 0.400. The standard InChI is InChI=1S/C15H20N2OS/c1-3-8-19-15-16-9-14(11-18)17(15)10-13-6-4-12(2)5-7-13/h4-7,9,18H,3,8,10-11H2,1-2H3. The minimum Gasteiger partial charge on any atom is -0.390 e. The summed E-state index contributed by atoms with van der Waals surface area (Å²) >= 11 is 1.75. The molecule has 0 saturated heterocycles. The van der Waals surface area contributed by atoms with Crippen LogP contribution in [0.4, 0.5) is 0 Å². The lowest BCUT2D eigenvalue weighted by Crippen LogP contribution is -2.06. The van der Waals surface area contributed by atoms with Crippen molar-refractivity contribution < 1.29 is 5.11 Å². The third kappa shape index (κ3) is 3.61. The third-order valence-corrected chi connectivity index (χ3v) is 4.16. The summed E-state index contributed by atoms with van der Waals surface area (Å²) in [7, 11) is 0. The van der Waals surface area contributed by atoms with Gasteiger partial charge in [-0.1, -0.05) is 48.5 Å². The van der Waals surface area contributed by atoms with Crippen molar-refractivity contribution in [2.45, 2.75) is 38.6 Å². The minimum atomic E-state index is 0.0333. The van der Waals surface area contributed by atoms with Crippen LogP contribution in [0.2, 0.25) is 0 Å². The van der Waals surface area contributed by atoms with Gasteiger partial charge in [0, 0.05) is 12.3 Å². The van der Waals surface area contributed by atoms with Gasteiger partial charge in [-0.05, 0) is 18.9 Å². The van der Waals surface area contributed by atoms with Crippen LogP contribution in [0.25, 0.3) is 0 Å². The maximum Gasteiger partial charge on any atom is 0.168 e. The number of hydrogen-bond donors (Lipinski definition) is 1. The van der Waals surface area contributed by atoms with Gasteiger partial charge in [0.25, 0.3) is 0 Å². The Morgan fingerprint density at radius 1 is 1.26 bits per heavy atom. The molecule has 0 atom stereocenters. The number of aryl methyl sites for hydroxylation is 1. The number of thioether (sulfide) groups is 1. The maximum atomic E-state index is 9.41. The van der Waals surface area contributed by atoms with Crippen molar-refractivity contribution in [2.75, 3.05) is 5.75 Å². The Bertz CT molecular complexity index is 519. The maximum absolute atomic E-state index is 9.41. The molecule has 1 heterocycles. The second-order valence-corrected chi connectivity index (χ2v) is 5.67. The van der Waals surface area contributed by atoms with Crippen LogP contribution in [0, 0.1) is 6.92 Å². The van der Waals surface area contributed by atoms with Gasteiger partial charge < -0.3 is 9.67 Å². The topological polar surface area (TPSA) is 38.1 Å². The van der Waals surface area contributed by atoms with Gasteiger partial charge >= 0.3 is 0 Å². The van der Waals surface area contributed by atoms with Crippen LogP contribution >= 0.6 is 11.8 Å². The zero-order valence-corrected chi connectivity index (χ0v) is 12.3. The van der Waals surface area contributed by atoms with E-state index in [1.165, 1.54) is 11.1 Å². The number of rotatable bonds is 6. The van der Waals surface area contributed by atoms with Crippen LogP contribution in [0.3, 0.4) is 0 Å². The Morgan fingerprint density at radius 2 is 2.00 bits per heavy atom. The van der Waals surface area contributed by atoms with Crippen LogP contribution in [-0.4, -0.2) is 20.4 Å². The quantitative estimate of drug-likeness (QED) is 0.823. The van der Waals surface area contributed by atoms with Gasteiger partial charge in [0.05, 0.1) is 18.5 Å². The number of aliphatic hydroxyl groups is 1. The van der Waals surface area contributed by atoms with Gasteiger partial charge in [-0.25, -0.2) is 4.98 Å². The van der Waals surface area contributed by atoms with Crippen molar-refractivity contribution in [1.29, 1.82) is 0 Å². The smallest absolute Gasteiger partial charge is 0.168 e. The van der Waals surface area contributed by atoms with Crippen molar-refractivity contribution >= 4 is 11.8 Å². The van der Waals surface area contributed by atoms with Gasteiger partial charge in [-0.2, -0.15) is 0 Å². The summed E-state index contributed by atoms with van der Waals surface area (Å²) in [5, 5.41) is 10.4. The van der Waals surface area contributed by atoms with Crippen LogP contribution in [0.5, 0.6) is 0 Å². The van der Waals surface area contributed by atoms with Crippen molar-refractivity contribution in [1.82, 2.24) is 9.55 Å². The highest BCUT2D eigenvalue weighted by molar-refractivity contribution is 7.99. The number of nitrogens with zero attached hydrogens (tertiary/aromatic N) is 2. The van der Waals surface area contributed by atoms with Crippen molar-refractivity contribution in [3.8, 4) is 0 Å². The summed E-state index contributed by atoms with van der Waals surface area (Å²) in [6.07, 6.45) is 2.89. The minimum absolute atomic E-state index is 0.0333. The predicted molar refractivity (Wildman–Crippen MR) is 79.4 cm³/mol. The van der Waals surface area contributed by atoms with E-state index in [-0.39, 0.29) is 6.61 Å². The number of benzene rings is 1. The molecule has 0 radical (unpaired) electrons. The average molecular weight is 276 g/mol. The molecular weight excluding hydrogens is 256 g/mol. The normalized spacial score (nSPS) is 10.9. The van der Waals surface area contributed by atoms with E-state index < -0.39 is 0 Å². The second-order valence-electron chi connectivity index (χ2n) is 4.61. The predicted octanol–water partition coefficient (Wildman–Crippen LogP) is 3.23. The van der Waals surface area contributed by atoms with Gasteiger partial charge in [0.2, 0.25) is 0 Å². The Balaban J connectivity index is 2.21. The third-order valence-electron chi connectivity index (χ3n) is 2.96. The molecule has 0 aliphatic rings. The molecule has 3 nitrogen and oxygen atoms in total. The van der Waals surface area contributed by atoms with Crippen LogP contribution in [-0.2, 0) is 13.2 Å². The van der Waals surface area contributed by atoms with Crippen LogP contribution < -0.4 is 0 Å². The van der Waals surface area contributed by atoms with E-state index in [0.29, 0.717) is 0 Å². The summed E-state index contributed by atoms with van der Waals surface area (Å²) in [6, 6.07) is 8.49. The highest BCUT2D eigenvalue weighted by Crippen LogP contribution is 2.21. The highest BCUT2D eigenvalue weighted by Gasteiger charge is 2.10. The molecular formula is C15H20N2OS. The number of aliphatic hydroxyl groups excluding tert-OH is 1. The first kappa shape index (κ1) is 14.2. The lowest BCUT2D eigenvalue weighted by atomic mass is 10.1. The molecule has 4 heteroatoms. The lowest BCUT2D eigenvalue weighted by molar-refractivity contribution is 0.270. The van der Waals surface area contributed by atoms with E-state index >= 15 is 0 Å². The number of hydrogen-bond acceptors (Lipinski definition) is 3. The van der Waals surface area contributed by atoms with Crippen molar-refractivity contribution in [3.63, 3.8) is 0 Å². The first-order chi connectivity index (χ1) is 9.24. The Hall–Kier alpha value is -1.26. The Morgan fingerprint density at radius 3 is 2.63 bits per heavy atom. The number of aromatic nitrogens is 2. The summed E-state index contributed by atoms with van der Waals surface area (Å²) in [5.74, 6) is 1.05. The lowest BCUT2D eigenvalue weighted by Gasteiger charge is -2.10. The van der Waals surface area contributed by atoms with E-state index in [2.05, 4.69) is 47.7 Å². The molecule has 1 aromatic heterocycles. The zero-order chi connectivity index (χ0) is 13.7. The number of imidazole rings is 1. The molecule has 0 unspecified atom stereocenters. The van der Waals surface area contributed by atoms with E-state index in [9.17, 15) is 5.11 Å². The fourth-order valence-electron chi connectivity index (χ4n) is 1.87. The molecule has 1 aromatic carbocycles. The fourth-order valence-corrected chi connectivity index (χ4v) is 2.72. The van der Waals surface area contributed by atoms with Gasteiger partial charge in [0.15, 0.2) is 5.16 Å². The molecule has 102 valence electrons. The Kier molecular flexibility index (Phi) is 5.05. The largest absolute Gasteiger partial charge is 0.390 e. The van der Waals surface area contributed by atoms with Gasteiger partial charge in [0.1, 0.15) is 0 Å². The molecule has 0 aliphatic carbocycles. The summed E-state index contributed by atoms with van der Waals surface area (Å²) < 4.78 is 2.10. The molecule has 0 bridgehead atoms. The molecule has 0 amide bonds. The van der Waals surface area contributed by atoms with E-state index in [1.54, 1.807) is 18.0 Å². The summed E-state index contributed by atoms with van der Waals surface area (Å²) in [6.45, 7) is 5.05. The molecule has 0 aliphatic heterocycles. The van der Waals surface area contributed by atoms with Crippen molar-refractivity contribution in [3.05, 3.63) is 47.3 Å². The van der Waals surface area contributed by atoms with E-state index in [0.717, 1.165) is 29.6 Å². The molecule has 2 aromatic rings. The van der Waals surface area contributed by atoms with E-state index in [1.807, 2.05) is 0 Å². The second kappa shape index (κ2) is 6.78. The Labute approximate surface area is 118 Å². The highest BCUT2D eigenvalue weighted by atomic mass is 32.2. The molecule has 1 N–H and O–H groups in total. The monoisotopic (exact) mass is 276 g/mol. The zero-order valence-electron chi connectivity index (χ0n) is 11.5. The summed E-state index contributed by atoms with van der Waals surface area (Å²) in [4.78, 5) is 4.40. The van der Waals surface area contributed by atoms with Gasteiger partial charge in [-0.15, -0.1) is 0 Å². The molecule has 19 heavy (non-hydrogen) atoms. The molecule has 0 saturated carbocycles. The molecule has 2 rings (SSSR count). The first-order valence-electron chi connectivity index (χ1n) is 6.58. The van der Waals surface area contributed by atoms with Crippen molar-refractivity contribution in [2.24, 2.45) is 0 Å². The molecule has 0 fully saturated rings. The SMILES string of the molecule is CCCSc1ncc(CO)n1Cc1ccc(C)cc1. The average Bonchev–Trinajstić information content (AvgIpc) is 2.81. The van der Waals surface area contributed by atoms with Crippen LogP contribution in [0.1, 0.15) is 30.2 Å². The summed E-state index contributed by atoms with van der Waals surface area (Å²) in [5.41, 5.74) is 3.37. The first-order valence-corrected chi connectivity index (χ1v) is 7.56.